The first-order chi connectivity index (χ1) is 9.18. The van der Waals surface area contributed by atoms with Gasteiger partial charge in [0.15, 0.2) is 5.96 Å². The zero-order valence-electron chi connectivity index (χ0n) is 13.2. The molecule has 0 atom stereocenters. The second-order valence-corrected chi connectivity index (χ2v) is 6.02. The molecule has 0 amide bonds. The van der Waals surface area contributed by atoms with Crippen LogP contribution in [0.1, 0.15) is 51.4 Å². The SMILES string of the molecule is CN(C)CCCCCCCNC(N)=NCC1CCC1.I. The van der Waals surface area contributed by atoms with E-state index in [1.54, 1.807) is 0 Å². The molecule has 1 saturated carbocycles. The standard InChI is InChI=1S/C15H32N4.HI/c1-19(2)12-7-5-3-4-6-11-17-15(16)18-13-14-9-8-10-14;/h14H,3-13H2,1-2H3,(H3,16,17,18);1H. The molecule has 3 N–H and O–H groups in total. The van der Waals surface area contributed by atoms with E-state index in [-0.39, 0.29) is 24.0 Å². The summed E-state index contributed by atoms with van der Waals surface area (Å²) in [5, 5.41) is 3.21. The number of rotatable bonds is 10. The van der Waals surface area contributed by atoms with Gasteiger partial charge < -0.3 is 16.0 Å². The fraction of sp³-hybridized carbons (Fsp3) is 0.933. The summed E-state index contributed by atoms with van der Waals surface area (Å²) in [5.74, 6) is 1.44. The summed E-state index contributed by atoms with van der Waals surface area (Å²) in [6, 6.07) is 0. The molecule has 1 rings (SSSR count). The van der Waals surface area contributed by atoms with Gasteiger partial charge in [0.05, 0.1) is 0 Å². The van der Waals surface area contributed by atoms with Gasteiger partial charge in [-0.15, -0.1) is 24.0 Å². The number of nitrogens with one attached hydrogen (secondary N) is 1. The number of hydrogen-bond donors (Lipinski definition) is 2. The average molecular weight is 396 g/mol. The van der Waals surface area contributed by atoms with Crippen molar-refractivity contribution in [2.24, 2.45) is 16.6 Å². The van der Waals surface area contributed by atoms with Gasteiger partial charge in [0.2, 0.25) is 0 Å². The number of nitrogens with zero attached hydrogens (tertiary/aromatic N) is 2. The lowest BCUT2D eigenvalue weighted by Gasteiger charge is -2.23. The summed E-state index contributed by atoms with van der Waals surface area (Å²) in [6.45, 7) is 3.09. The first-order valence-corrected chi connectivity index (χ1v) is 7.87. The zero-order chi connectivity index (χ0) is 13.9. The van der Waals surface area contributed by atoms with Gasteiger partial charge in [-0.3, -0.25) is 4.99 Å². The van der Waals surface area contributed by atoms with Crippen LogP contribution in [0.25, 0.3) is 0 Å². The largest absolute Gasteiger partial charge is 0.370 e. The number of unbranched alkanes of at least 4 members (excludes halogenated alkanes) is 4. The van der Waals surface area contributed by atoms with E-state index < -0.39 is 0 Å². The molecule has 0 aromatic rings. The van der Waals surface area contributed by atoms with Crippen LogP contribution < -0.4 is 11.1 Å². The summed E-state index contributed by atoms with van der Waals surface area (Å²) < 4.78 is 0. The van der Waals surface area contributed by atoms with Gasteiger partial charge >= 0.3 is 0 Å². The minimum absolute atomic E-state index is 0. The first kappa shape index (κ1) is 20.0. The van der Waals surface area contributed by atoms with Gasteiger partial charge in [0.1, 0.15) is 0 Å². The molecule has 1 aliphatic rings. The Balaban J connectivity index is 0.00000361. The topological polar surface area (TPSA) is 53.6 Å². The molecule has 0 unspecified atom stereocenters. The third kappa shape index (κ3) is 10.7. The monoisotopic (exact) mass is 396 g/mol. The Morgan fingerprint density at radius 2 is 1.80 bits per heavy atom. The van der Waals surface area contributed by atoms with Crippen molar-refractivity contribution < 1.29 is 0 Å². The first-order valence-electron chi connectivity index (χ1n) is 7.87. The van der Waals surface area contributed by atoms with Crippen LogP contribution in [0.5, 0.6) is 0 Å². The summed E-state index contributed by atoms with van der Waals surface area (Å²) in [4.78, 5) is 6.64. The van der Waals surface area contributed by atoms with Crippen molar-refractivity contribution in [2.75, 3.05) is 33.7 Å². The number of aliphatic imine (C=N–C) groups is 1. The van der Waals surface area contributed by atoms with Crippen LogP contribution in [0, 0.1) is 5.92 Å². The van der Waals surface area contributed by atoms with Gasteiger partial charge in [0.25, 0.3) is 0 Å². The van der Waals surface area contributed by atoms with Crippen LogP contribution in [-0.4, -0.2) is 44.6 Å². The van der Waals surface area contributed by atoms with Crippen LogP contribution in [-0.2, 0) is 0 Å². The molecule has 120 valence electrons. The van der Waals surface area contributed by atoms with Gasteiger partial charge in [-0.1, -0.05) is 25.7 Å². The fourth-order valence-corrected chi connectivity index (χ4v) is 2.26. The molecule has 0 aromatic carbocycles. The maximum atomic E-state index is 5.83. The number of hydrogen-bond acceptors (Lipinski definition) is 2. The zero-order valence-corrected chi connectivity index (χ0v) is 15.6. The van der Waals surface area contributed by atoms with Gasteiger partial charge in [-0.05, 0) is 52.2 Å². The molecule has 20 heavy (non-hydrogen) atoms. The lowest BCUT2D eigenvalue weighted by molar-refractivity contribution is 0.326. The van der Waals surface area contributed by atoms with Gasteiger partial charge in [-0.25, -0.2) is 0 Å². The Labute approximate surface area is 142 Å². The maximum absolute atomic E-state index is 5.83. The van der Waals surface area contributed by atoms with E-state index in [2.05, 4.69) is 29.3 Å². The normalized spacial score (nSPS) is 15.8. The lowest BCUT2D eigenvalue weighted by atomic mass is 9.86. The highest BCUT2D eigenvalue weighted by molar-refractivity contribution is 14.0. The maximum Gasteiger partial charge on any atom is 0.188 e. The van der Waals surface area contributed by atoms with Gasteiger partial charge in [-0.2, -0.15) is 0 Å². The highest BCUT2D eigenvalue weighted by Crippen LogP contribution is 2.26. The van der Waals surface area contributed by atoms with Crippen molar-refractivity contribution in [3.63, 3.8) is 0 Å². The van der Waals surface area contributed by atoms with Crippen molar-refractivity contribution in [3.05, 3.63) is 0 Å². The van der Waals surface area contributed by atoms with E-state index >= 15 is 0 Å². The van der Waals surface area contributed by atoms with E-state index in [0.717, 1.165) is 19.0 Å². The molecule has 0 spiro atoms. The van der Waals surface area contributed by atoms with E-state index in [1.807, 2.05) is 0 Å². The number of halogens is 1. The molecular formula is C15H33IN4. The highest BCUT2D eigenvalue weighted by Gasteiger charge is 2.16. The van der Waals surface area contributed by atoms with E-state index in [9.17, 15) is 0 Å². The third-order valence-electron chi connectivity index (χ3n) is 3.83. The molecule has 1 aliphatic carbocycles. The molecule has 5 heteroatoms. The number of guanidine groups is 1. The Morgan fingerprint density at radius 3 is 2.40 bits per heavy atom. The molecule has 0 saturated heterocycles. The summed E-state index contributed by atoms with van der Waals surface area (Å²) in [6.07, 6.45) is 10.5. The second-order valence-electron chi connectivity index (χ2n) is 6.02. The molecule has 0 aliphatic heterocycles. The lowest BCUT2D eigenvalue weighted by Crippen LogP contribution is -2.33. The summed E-state index contributed by atoms with van der Waals surface area (Å²) in [5.41, 5.74) is 5.83. The highest BCUT2D eigenvalue weighted by atomic mass is 127. The quantitative estimate of drug-likeness (QED) is 0.258. The molecule has 0 radical (unpaired) electrons. The summed E-state index contributed by atoms with van der Waals surface area (Å²) >= 11 is 0. The molecule has 4 nitrogen and oxygen atoms in total. The number of nitrogens with two attached hydrogens (primary N) is 1. The van der Waals surface area contributed by atoms with Crippen LogP contribution in [0.3, 0.4) is 0 Å². The molecule has 0 bridgehead atoms. The van der Waals surface area contributed by atoms with Crippen LogP contribution in [0.4, 0.5) is 0 Å². The molecule has 0 aromatic heterocycles. The van der Waals surface area contributed by atoms with Crippen molar-refractivity contribution >= 4 is 29.9 Å². The molecule has 0 heterocycles. The minimum atomic E-state index is 0. The predicted molar refractivity (Wildman–Crippen MR) is 98.9 cm³/mol. The van der Waals surface area contributed by atoms with Crippen LogP contribution >= 0.6 is 24.0 Å². The second kappa shape index (κ2) is 12.7. The fourth-order valence-electron chi connectivity index (χ4n) is 2.26. The Morgan fingerprint density at radius 1 is 1.15 bits per heavy atom. The van der Waals surface area contributed by atoms with Crippen LogP contribution in [0.2, 0.25) is 0 Å². The smallest absolute Gasteiger partial charge is 0.188 e. The van der Waals surface area contributed by atoms with E-state index in [1.165, 1.54) is 57.9 Å². The van der Waals surface area contributed by atoms with Crippen molar-refractivity contribution in [1.29, 1.82) is 0 Å². The Bertz CT molecular complexity index is 252. The average Bonchev–Trinajstić information content (AvgIpc) is 2.30. The van der Waals surface area contributed by atoms with E-state index in [4.69, 9.17) is 5.73 Å². The van der Waals surface area contributed by atoms with Crippen molar-refractivity contribution in [1.82, 2.24) is 10.2 Å². The third-order valence-corrected chi connectivity index (χ3v) is 3.83. The summed E-state index contributed by atoms with van der Waals surface area (Å²) in [7, 11) is 4.27. The predicted octanol–water partition coefficient (Wildman–Crippen LogP) is 2.82. The van der Waals surface area contributed by atoms with Gasteiger partial charge in [0, 0.05) is 13.1 Å². The van der Waals surface area contributed by atoms with Crippen molar-refractivity contribution in [2.45, 2.75) is 51.4 Å². The van der Waals surface area contributed by atoms with E-state index in [0.29, 0.717) is 5.96 Å². The van der Waals surface area contributed by atoms with Crippen LogP contribution in [0.15, 0.2) is 4.99 Å². The Hall–Kier alpha value is -0.0400. The van der Waals surface area contributed by atoms with Crippen molar-refractivity contribution in [3.8, 4) is 0 Å². The molecular weight excluding hydrogens is 363 g/mol. The Kier molecular flexibility index (Phi) is 12.7. The molecule has 1 fully saturated rings. The minimum Gasteiger partial charge on any atom is -0.370 e.